The molecule has 2 nitrogen and oxygen atoms in total. The Labute approximate surface area is 81.5 Å². The SMILES string of the molecule is [2H]Cc1ccccc1OCCN(C)C. The summed E-state index contributed by atoms with van der Waals surface area (Å²) in [5.74, 6) is 0.837. The Morgan fingerprint density at radius 2 is 2.15 bits per heavy atom. The van der Waals surface area contributed by atoms with E-state index in [0.717, 1.165) is 17.9 Å². The number of hydrogen-bond donors (Lipinski definition) is 0. The molecule has 0 aliphatic rings. The molecule has 0 saturated carbocycles. The van der Waals surface area contributed by atoms with Crippen LogP contribution < -0.4 is 4.74 Å². The number of likely N-dealkylation sites (N-methyl/N-ethyl adjacent to an activating group) is 1. The van der Waals surface area contributed by atoms with Crippen LogP contribution in [0.5, 0.6) is 5.75 Å². The van der Waals surface area contributed by atoms with Crippen molar-refractivity contribution in [1.82, 2.24) is 4.90 Å². The minimum Gasteiger partial charge on any atom is -0.492 e. The van der Waals surface area contributed by atoms with Gasteiger partial charge in [-0.05, 0) is 32.6 Å². The van der Waals surface area contributed by atoms with Gasteiger partial charge in [0.2, 0.25) is 0 Å². The lowest BCUT2D eigenvalue weighted by atomic mass is 10.2. The fourth-order valence-corrected chi connectivity index (χ4v) is 0.983. The summed E-state index contributed by atoms with van der Waals surface area (Å²) in [5, 5.41) is 0. The summed E-state index contributed by atoms with van der Waals surface area (Å²) in [6.07, 6.45) is 0. The highest BCUT2D eigenvalue weighted by molar-refractivity contribution is 5.31. The zero-order valence-corrected chi connectivity index (χ0v) is 8.29. The molecule has 0 aliphatic carbocycles. The molecule has 0 N–H and O–H groups in total. The molecule has 0 unspecified atom stereocenters. The molecule has 0 spiro atoms. The molecule has 2 heteroatoms. The Morgan fingerprint density at radius 1 is 1.38 bits per heavy atom. The van der Waals surface area contributed by atoms with E-state index in [-0.39, 0.29) is 6.90 Å². The molecule has 0 fully saturated rings. The summed E-state index contributed by atoms with van der Waals surface area (Å²) >= 11 is 0. The minimum atomic E-state index is 0.276. The lowest BCUT2D eigenvalue weighted by molar-refractivity contribution is 0.260. The maximum Gasteiger partial charge on any atom is 0.122 e. The molecule has 0 radical (unpaired) electrons. The quantitative estimate of drug-likeness (QED) is 0.702. The number of benzene rings is 1. The van der Waals surface area contributed by atoms with Gasteiger partial charge in [-0.2, -0.15) is 0 Å². The van der Waals surface area contributed by atoms with E-state index in [1.807, 2.05) is 38.4 Å². The first-order valence-electron chi connectivity index (χ1n) is 5.09. The van der Waals surface area contributed by atoms with Crippen molar-refractivity contribution in [1.29, 1.82) is 0 Å². The van der Waals surface area contributed by atoms with Gasteiger partial charge in [-0.15, -0.1) is 0 Å². The van der Waals surface area contributed by atoms with Crippen molar-refractivity contribution >= 4 is 0 Å². The maximum absolute atomic E-state index is 7.31. The second-order valence-corrected chi connectivity index (χ2v) is 3.26. The third kappa shape index (κ3) is 3.47. The van der Waals surface area contributed by atoms with E-state index in [1.165, 1.54) is 0 Å². The van der Waals surface area contributed by atoms with Crippen LogP contribution in [0.25, 0.3) is 0 Å². The van der Waals surface area contributed by atoms with Crippen molar-refractivity contribution in [3.8, 4) is 5.75 Å². The molecule has 1 aromatic carbocycles. The van der Waals surface area contributed by atoms with Gasteiger partial charge in [-0.3, -0.25) is 0 Å². The van der Waals surface area contributed by atoms with Gasteiger partial charge < -0.3 is 9.64 Å². The van der Waals surface area contributed by atoms with E-state index in [1.54, 1.807) is 0 Å². The second-order valence-electron chi connectivity index (χ2n) is 3.26. The van der Waals surface area contributed by atoms with Crippen LogP contribution in [-0.4, -0.2) is 32.1 Å². The van der Waals surface area contributed by atoms with Crippen molar-refractivity contribution in [2.75, 3.05) is 27.2 Å². The van der Waals surface area contributed by atoms with Gasteiger partial charge in [-0.1, -0.05) is 18.2 Å². The highest BCUT2D eigenvalue weighted by Crippen LogP contribution is 2.15. The third-order valence-corrected chi connectivity index (χ3v) is 1.77. The lowest BCUT2D eigenvalue weighted by Gasteiger charge is -2.12. The normalized spacial score (nSPS) is 11.5. The number of rotatable bonds is 4. The summed E-state index contributed by atoms with van der Waals surface area (Å²) in [6.45, 7) is 1.84. The fraction of sp³-hybridized carbons (Fsp3) is 0.455. The van der Waals surface area contributed by atoms with Gasteiger partial charge in [0.25, 0.3) is 0 Å². The Kier molecular flexibility index (Phi) is 3.21. The molecule has 0 amide bonds. The average Bonchev–Trinajstić information content (AvgIpc) is 2.18. The standard InChI is InChI=1S/C11H17NO/c1-10-6-4-5-7-11(10)13-9-8-12(2)3/h4-7H,8-9H2,1-3H3/i1D. The molecule has 0 atom stereocenters. The summed E-state index contributed by atoms with van der Waals surface area (Å²) < 4.78 is 12.9. The van der Waals surface area contributed by atoms with E-state index >= 15 is 0 Å². The van der Waals surface area contributed by atoms with Crippen LogP contribution in [0.15, 0.2) is 24.3 Å². The first-order valence-corrected chi connectivity index (χ1v) is 4.38. The molecule has 0 aliphatic heterocycles. The number of hydrogen-bond acceptors (Lipinski definition) is 2. The monoisotopic (exact) mass is 180 g/mol. The van der Waals surface area contributed by atoms with Crippen LogP contribution in [-0.2, 0) is 0 Å². The molecule has 0 aromatic heterocycles. The van der Waals surface area contributed by atoms with E-state index in [9.17, 15) is 0 Å². The summed E-state index contributed by atoms with van der Waals surface area (Å²) in [7, 11) is 4.03. The van der Waals surface area contributed by atoms with Gasteiger partial charge >= 0.3 is 0 Å². The topological polar surface area (TPSA) is 12.5 Å². The third-order valence-electron chi connectivity index (χ3n) is 1.77. The summed E-state index contributed by atoms with van der Waals surface area (Å²) in [4.78, 5) is 2.07. The van der Waals surface area contributed by atoms with Crippen LogP contribution in [0.4, 0.5) is 0 Å². The fourth-order valence-electron chi connectivity index (χ4n) is 0.983. The smallest absolute Gasteiger partial charge is 0.122 e. The highest BCUT2D eigenvalue weighted by Gasteiger charge is 1.97. The molecule has 0 bridgehead atoms. The maximum atomic E-state index is 7.31. The van der Waals surface area contributed by atoms with E-state index < -0.39 is 0 Å². The van der Waals surface area contributed by atoms with Crippen molar-refractivity contribution in [2.45, 2.75) is 6.90 Å². The van der Waals surface area contributed by atoms with Crippen LogP contribution in [0.3, 0.4) is 0 Å². The predicted molar refractivity (Wildman–Crippen MR) is 55.2 cm³/mol. The molecule has 0 heterocycles. The summed E-state index contributed by atoms with van der Waals surface area (Å²) in [5.41, 5.74) is 0.950. The van der Waals surface area contributed by atoms with Crippen LogP contribution in [0.2, 0.25) is 0 Å². The first kappa shape index (κ1) is 8.57. The Morgan fingerprint density at radius 3 is 2.85 bits per heavy atom. The van der Waals surface area contributed by atoms with E-state index in [0.29, 0.717) is 6.61 Å². The average molecular weight is 180 g/mol. The van der Waals surface area contributed by atoms with Crippen molar-refractivity contribution in [3.63, 3.8) is 0 Å². The molecule has 1 rings (SSSR count). The summed E-state index contributed by atoms with van der Waals surface area (Å²) in [6, 6.07) is 7.71. The van der Waals surface area contributed by atoms with Gasteiger partial charge in [0, 0.05) is 7.92 Å². The van der Waals surface area contributed by atoms with E-state index in [2.05, 4.69) is 4.90 Å². The van der Waals surface area contributed by atoms with Crippen molar-refractivity contribution in [2.24, 2.45) is 0 Å². The zero-order valence-electron chi connectivity index (χ0n) is 9.29. The van der Waals surface area contributed by atoms with Crippen molar-refractivity contribution < 1.29 is 6.11 Å². The molecular weight excluding hydrogens is 162 g/mol. The molecular formula is C11H17NO. The van der Waals surface area contributed by atoms with Crippen LogP contribution >= 0.6 is 0 Å². The van der Waals surface area contributed by atoms with Gasteiger partial charge in [-0.25, -0.2) is 0 Å². The number of para-hydroxylation sites is 1. The minimum absolute atomic E-state index is 0.276. The predicted octanol–water partition coefficient (Wildman–Crippen LogP) is 1.94. The molecule has 1 aromatic rings. The molecule has 72 valence electrons. The Bertz CT molecular complexity index is 276. The second kappa shape index (κ2) is 4.87. The highest BCUT2D eigenvalue weighted by atomic mass is 16.5. The lowest BCUT2D eigenvalue weighted by Crippen LogP contribution is -2.19. The van der Waals surface area contributed by atoms with Crippen LogP contribution in [0.1, 0.15) is 6.93 Å². The molecule has 13 heavy (non-hydrogen) atoms. The number of aryl methyl sites for hydroxylation is 1. The van der Waals surface area contributed by atoms with E-state index in [4.69, 9.17) is 6.11 Å². The molecule has 0 saturated heterocycles. The largest absolute Gasteiger partial charge is 0.492 e. The Balaban J connectivity index is 2.49. The van der Waals surface area contributed by atoms with Gasteiger partial charge in [0.15, 0.2) is 0 Å². The van der Waals surface area contributed by atoms with Gasteiger partial charge in [0.1, 0.15) is 12.4 Å². The number of nitrogens with zero attached hydrogens (tertiary/aromatic N) is 1. The van der Waals surface area contributed by atoms with Crippen LogP contribution in [0, 0.1) is 6.90 Å². The van der Waals surface area contributed by atoms with Crippen molar-refractivity contribution in [3.05, 3.63) is 29.8 Å². The first-order chi connectivity index (χ1) is 6.74. The Hall–Kier alpha value is -1.02. The zero-order chi connectivity index (χ0) is 10.4. The van der Waals surface area contributed by atoms with Gasteiger partial charge in [0.05, 0.1) is 0 Å². The number of ether oxygens (including phenoxy) is 1.